The summed E-state index contributed by atoms with van der Waals surface area (Å²) in [6.45, 7) is 3.81. The first-order valence-corrected chi connectivity index (χ1v) is 8.74. The maximum absolute atomic E-state index is 12.9. The molecule has 3 aromatic rings. The summed E-state index contributed by atoms with van der Waals surface area (Å²) in [5, 5.41) is 10.4. The van der Waals surface area contributed by atoms with Gasteiger partial charge in [0.05, 0.1) is 24.0 Å². The molecule has 1 atom stereocenters. The van der Waals surface area contributed by atoms with Gasteiger partial charge in [0.15, 0.2) is 5.75 Å². The number of fused-ring (bicyclic) bond motifs is 3. The van der Waals surface area contributed by atoms with Crippen LogP contribution in [0, 0.1) is 25.2 Å². The first kappa shape index (κ1) is 17.7. The van der Waals surface area contributed by atoms with Crippen LogP contribution in [0.25, 0.3) is 11.0 Å². The topological polar surface area (TPSA) is 98.5 Å². The highest BCUT2D eigenvalue weighted by Crippen LogP contribution is 2.45. The molecule has 2 aromatic carbocycles. The summed E-state index contributed by atoms with van der Waals surface area (Å²) in [4.78, 5) is 12.9. The van der Waals surface area contributed by atoms with Crippen molar-refractivity contribution in [1.29, 1.82) is 5.26 Å². The molecule has 0 saturated carbocycles. The molecule has 2 N–H and O–H groups in total. The number of ether oxygens (including phenoxy) is 2. The van der Waals surface area contributed by atoms with Crippen molar-refractivity contribution in [2.45, 2.75) is 19.8 Å². The Morgan fingerprint density at radius 2 is 1.93 bits per heavy atom. The van der Waals surface area contributed by atoms with E-state index in [0.29, 0.717) is 16.7 Å². The van der Waals surface area contributed by atoms with Gasteiger partial charge in [-0.3, -0.25) is 0 Å². The van der Waals surface area contributed by atoms with Gasteiger partial charge in [0.1, 0.15) is 23.0 Å². The zero-order valence-electron chi connectivity index (χ0n) is 15.7. The van der Waals surface area contributed by atoms with Gasteiger partial charge in [-0.1, -0.05) is 18.2 Å². The number of nitrogens with zero attached hydrogens (tertiary/aromatic N) is 1. The third-order valence-electron chi connectivity index (χ3n) is 5.07. The summed E-state index contributed by atoms with van der Waals surface area (Å²) in [5.41, 5.74) is 8.94. The van der Waals surface area contributed by atoms with Crippen LogP contribution in [0.4, 0.5) is 0 Å². The van der Waals surface area contributed by atoms with E-state index in [1.165, 1.54) is 0 Å². The third kappa shape index (κ3) is 2.52. The Balaban J connectivity index is 2.09. The van der Waals surface area contributed by atoms with Crippen LogP contribution < -0.4 is 20.8 Å². The van der Waals surface area contributed by atoms with Gasteiger partial charge in [-0.05, 0) is 48.7 Å². The second-order valence-corrected chi connectivity index (χ2v) is 6.73. The molecule has 28 heavy (non-hydrogen) atoms. The van der Waals surface area contributed by atoms with E-state index in [1.54, 1.807) is 25.3 Å². The van der Waals surface area contributed by atoms with Gasteiger partial charge >= 0.3 is 5.63 Å². The molecular formula is C22H18N2O4. The van der Waals surface area contributed by atoms with Crippen molar-refractivity contribution >= 4 is 11.0 Å². The quantitative estimate of drug-likeness (QED) is 0.688. The van der Waals surface area contributed by atoms with Gasteiger partial charge in [0.25, 0.3) is 0 Å². The fourth-order valence-electron chi connectivity index (χ4n) is 3.72. The van der Waals surface area contributed by atoms with Crippen molar-refractivity contribution in [3.63, 3.8) is 0 Å². The molecule has 0 aliphatic carbocycles. The number of nitrogens with two attached hydrogens (primary N) is 1. The van der Waals surface area contributed by atoms with E-state index in [9.17, 15) is 10.1 Å². The highest BCUT2D eigenvalue weighted by molar-refractivity contribution is 5.86. The van der Waals surface area contributed by atoms with Crippen LogP contribution in [0.3, 0.4) is 0 Å². The van der Waals surface area contributed by atoms with Crippen molar-refractivity contribution in [1.82, 2.24) is 0 Å². The van der Waals surface area contributed by atoms with Gasteiger partial charge in [-0.15, -0.1) is 0 Å². The Hall–Kier alpha value is -3.72. The Morgan fingerprint density at radius 1 is 1.18 bits per heavy atom. The number of hydrogen-bond acceptors (Lipinski definition) is 6. The smallest absolute Gasteiger partial charge is 0.344 e. The van der Waals surface area contributed by atoms with Gasteiger partial charge in [0, 0.05) is 0 Å². The summed E-state index contributed by atoms with van der Waals surface area (Å²) < 4.78 is 16.7. The lowest BCUT2D eigenvalue weighted by atomic mass is 9.81. The zero-order chi connectivity index (χ0) is 20.0. The number of nitriles is 1. The van der Waals surface area contributed by atoms with Crippen LogP contribution in [0.15, 0.2) is 57.1 Å². The van der Waals surface area contributed by atoms with Gasteiger partial charge < -0.3 is 19.6 Å². The number of allylic oxidation sites excluding steroid dienone is 1. The highest BCUT2D eigenvalue weighted by Gasteiger charge is 2.36. The van der Waals surface area contributed by atoms with E-state index in [0.717, 1.165) is 22.4 Å². The second kappa shape index (κ2) is 6.46. The summed E-state index contributed by atoms with van der Waals surface area (Å²) in [6.07, 6.45) is 0. The molecule has 0 radical (unpaired) electrons. The molecule has 6 heteroatoms. The molecule has 6 nitrogen and oxygen atoms in total. The predicted molar refractivity (Wildman–Crippen MR) is 104 cm³/mol. The fraction of sp³-hybridized carbons (Fsp3) is 0.182. The summed E-state index contributed by atoms with van der Waals surface area (Å²) in [7, 11) is 1.60. The monoisotopic (exact) mass is 374 g/mol. The Morgan fingerprint density at radius 3 is 2.64 bits per heavy atom. The minimum absolute atomic E-state index is 0.0105. The van der Waals surface area contributed by atoms with Gasteiger partial charge in [-0.2, -0.15) is 5.26 Å². The van der Waals surface area contributed by atoms with Crippen molar-refractivity contribution in [2.75, 3.05) is 7.11 Å². The third-order valence-corrected chi connectivity index (χ3v) is 5.07. The molecule has 0 saturated heterocycles. The maximum atomic E-state index is 12.9. The number of hydrogen-bond donors (Lipinski definition) is 1. The molecule has 0 unspecified atom stereocenters. The van der Waals surface area contributed by atoms with Crippen LogP contribution in [0.1, 0.15) is 28.2 Å². The van der Waals surface area contributed by atoms with Crippen LogP contribution in [0.5, 0.6) is 11.5 Å². The van der Waals surface area contributed by atoms with E-state index in [1.807, 2.05) is 32.0 Å². The molecule has 140 valence electrons. The van der Waals surface area contributed by atoms with Crippen LogP contribution in [-0.2, 0) is 0 Å². The predicted octanol–water partition coefficient (Wildman–Crippen LogP) is 3.64. The lowest BCUT2D eigenvalue weighted by Gasteiger charge is -2.27. The van der Waals surface area contributed by atoms with E-state index in [2.05, 4.69) is 6.07 Å². The first-order chi connectivity index (χ1) is 13.5. The Kier molecular flexibility index (Phi) is 4.08. The lowest BCUT2D eigenvalue weighted by molar-refractivity contribution is 0.387. The lowest BCUT2D eigenvalue weighted by Crippen LogP contribution is -2.26. The highest BCUT2D eigenvalue weighted by atomic mass is 16.5. The number of benzene rings is 2. The van der Waals surface area contributed by atoms with Crippen molar-refractivity contribution in [3.8, 4) is 17.6 Å². The van der Waals surface area contributed by atoms with Crippen molar-refractivity contribution < 1.29 is 13.9 Å². The molecule has 0 spiro atoms. The average Bonchev–Trinajstić information content (AvgIpc) is 2.68. The Bertz CT molecular complexity index is 1250. The summed E-state index contributed by atoms with van der Waals surface area (Å²) in [6, 6.07) is 13.0. The number of rotatable bonds is 2. The molecule has 4 rings (SSSR count). The molecular weight excluding hydrogens is 356 g/mol. The molecule has 1 aromatic heterocycles. The molecule has 1 aliphatic rings. The van der Waals surface area contributed by atoms with Crippen molar-refractivity contribution in [3.05, 3.63) is 80.5 Å². The van der Waals surface area contributed by atoms with Crippen LogP contribution in [-0.4, -0.2) is 7.11 Å². The maximum Gasteiger partial charge on any atom is 0.344 e. The number of aryl methyl sites for hydroxylation is 2. The molecule has 1 aliphatic heterocycles. The standard InChI is InChI=1S/C22H18N2O4/c1-11-9-17(26-3)12(2)8-14(11)18-15(10-23)21(24)28-20-13-6-4-5-7-16(13)27-22(25)19(18)20/h4-9,18H,24H2,1-3H3/t18-/m0/s1. The summed E-state index contributed by atoms with van der Waals surface area (Å²) >= 11 is 0. The van der Waals surface area contributed by atoms with E-state index in [4.69, 9.17) is 19.6 Å². The normalized spacial score (nSPS) is 15.7. The minimum Gasteiger partial charge on any atom is -0.496 e. The van der Waals surface area contributed by atoms with E-state index >= 15 is 0 Å². The fourth-order valence-corrected chi connectivity index (χ4v) is 3.72. The SMILES string of the molecule is COc1cc(C)c([C@H]2C(C#N)=C(N)Oc3c2c(=O)oc2ccccc32)cc1C. The minimum atomic E-state index is -0.681. The molecule has 0 amide bonds. The number of methoxy groups -OCH3 is 1. The summed E-state index contributed by atoms with van der Waals surface area (Å²) in [5.74, 6) is 0.374. The zero-order valence-corrected chi connectivity index (χ0v) is 15.7. The average molecular weight is 374 g/mol. The van der Waals surface area contributed by atoms with E-state index in [-0.39, 0.29) is 17.0 Å². The van der Waals surface area contributed by atoms with Crippen molar-refractivity contribution in [2.24, 2.45) is 5.73 Å². The van der Waals surface area contributed by atoms with E-state index < -0.39 is 11.5 Å². The Labute approximate surface area is 161 Å². The van der Waals surface area contributed by atoms with Gasteiger partial charge in [0.2, 0.25) is 5.88 Å². The largest absolute Gasteiger partial charge is 0.496 e. The van der Waals surface area contributed by atoms with Gasteiger partial charge in [-0.25, -0.2) is 4.79 Å². The first-order valence-electron chi connectivity index (χ1n) is 8.74. The molecule has 0 fully saturated rings. The number of para-hydroxylation sites is 1. The van der Waals surface area contributed by atoms with Crippen LogP contribution >= 0.6 is 0 Å². The molecule has 0 bridgehead atoms. The second-order valence-electron chi connectivity index (χ2n) is 6.73. The molecule has 2 heterocycles. The van der Waals surface area contributed by atoms with Crippen LogP contribution in [0.2, 0.25) is 0 Å².